The van der Waals surface area contributed by atoms with Gasteiger partial charge >= 0.3 is 0 Å². The SMILES string of the molecule is CSc1sc(C(=N)N)cc1-c1nc(-c2ccc(Cl)c(Cl)c2)cs1. The molecule has 1 aromatic carbocycles. The van der Waals surface area contributed by atoms with Gasteiger partial charge in [-0.3, -0.25) is 5.41 Å². The first-order valence-electron chi connectivity index (χ1n) is 6.43. The topological polar surface area (TPSA) is 62.8 Å². The molecule has 0 radical (unpaired) electrons. The predicted molar refractivity (Wildman–Crippen MR) is 104 cm³/mol. The fraction of sp³-hybridized carbons (Fsp3) is 0.0667. The number of halogens is 2. The van der Waals surface area contributed by atoms with Crippen LogP contribution in [0.25, 0.3) is 21.8 Å². The number of nitrogens with zero attached hydrogens (tertiary/aromatic N) is 1. The molecule has 0 unspecified atom stereocenters. The summed E-state index contributed by atoms with van der Waals surface area (Å²) in [5, 5.41) is 11.5. The monoisotopic (exact) mass is 399 g/mol. The first kappa shape index (κ1) is 16.8. The molecule has 0 atom stereocenters. The van der Waals surface area contributed by atoms with Crippen molar-refractivity contribution < 1.29 is 0 Å². The van der Waals surface area contributed by atoms with Gasteiger partial charge < -0.3 is 5.73 Å². The van der Waals surface area contributed by atoms with Gasteiger partial charge in [0.05, 0.1) is 24.8 Å². The van der Waals surface area contributed by atoms with Gasteiger partial charge in [0.25, 0.3) is 0 Å². The average Bonchev–Trinajstić information content (AvgIpc) is 3.15. The minimum Gasteiger partial charge on any atom is -0.383 e. The van der Waals surface area contributed by atoms with Gasteiger partial charge in [0.1, 0.15) is 10.8 Å². The van der Waals surface area contributed by atoms with Crippen molar-refractivity contribution in [2.24, 2.45) is 5.73 Å². The van der Waals surface area contributed by atoms with E-state index >= 15 is 0 Å². The molecule has 3 rings (SSSR count). The Hall–Kier alpha value is -1.05. The molecule has 0 saturated carbocycles. The van der Waals surface area contributed by atoms with Gasteiger partial charge in [0.15, 0.2) is 0 Å². The number of amidine groups is 1. The minimum absolute atomic E-state index is 0.0813. The maximum atomic E-state index is 7.60. The lowest BCUT2D eigenvalue weighted by atomic mass is 10.2. The number of thiazole rings is 1. The zero-order chi connectivity index (χ0) is 16.6. The molecule has 118 valence electrons. The van der Waals surface area contributed by atoms with Gasteiger partial charge in [-0.15, -0.1) is 34.4 Å². The molecule has 0 saturated heterocycles. The van der Waals surface area contributed by atoms with Gasteiger partial charge in [-0.25, -0.2) is 4.98 Å². The van der Waals surface area contributed by atoms with Crippen LogP contribution in [0.3, 0.4) is 0 Å². The molecule has 0 aliphatic heterocycles. The number of nitrogens with one attached hydrogen (secondary N) is 1. The molecule has 2 heterocycles. The van der Waals surface area contributed by atoms with Crippen LogP contribution in [0.5, 0.6) is 0 Å². The average molecular weight is 400 g/mol. The Morgan fingerprint density at radius 3 is 2.70 bits per heavy atom. The molecule has 0 bridgehead atoms. The number of rotatable bonds is 4. The zero-order valence-electron chi connectivity index (χ0n) is 11.9. The summed E-state index contributed by atoms with van der Waals surface area (Å²) in [4.78, 5) is 5.46. The third kappa shape index (κ3) is 3.41. The van der Waals surface area contributed by atoms with Crippen LogP contribution in [0.15, 0.2) is 33.9 Å². The molecular weight excluding hydrogens is 389 g/mol. The lowest BCUT2D eigenvalue weighted by Crippen LogP contribution is -2.08. The van der Waals surface area contributed by atoms with E-state index in [4.69, 9.17) is 39.3 Å². The first-order valence-corrected chi connectivity index (χ1v) is 10.1. The van der Waals surface area contributed by atoms with Crippen LogP contribution in [0.1, 0.15) is 4.88 Å². The lowest BCUT2D eigenvalue weighted by molar-refractivity contribution is 1.39. The number of aromatic nitrogens is 1. The van der Waals surface area contributed by atoms with E-state index in [0.717, 1.165) is 30.9 Å². The summed E-state index contributed by atoms with van der Waals surface area (Å²) in [6.07, 6.45) is 2.01. The number of hydrogen-bond acceptors (Lipinski definition) is 5. The molecular formula is C15H11Cl2N3S3. The molecule has 0 aliphatic carbocycles. The molecule has 0 fully saturated rings. The fourth-order valence-corrected chi connectivity index (χ4v) is 5.00. The van der Waals surface area contributed by atoms with Crippen LogP contribution < -0.4 is 5.73 Å². The number of thioether (sulfide) groups is 1. The Balaban J connectivity index is 2.01. The lowest BCUT2D eigenvalue weighted by Gasteiger charge is -2.00. The van der Waals surface area contributed by atoms with Crippen molar-refractivity contribution in [2.75, 3.05) is 6.26 Å². The molecule has 0 aliphatic rings. The van der Waals surface area contributed by atoms with Gasteiger partial charge in [-0.05, 0) is 24.5 Å². The Kier molecular flexibility index (Phi) is 4.98. The minimum atomic E-state index is 0.0813. The number of hydrogen-bond donors (Lipinski definition) is 2. The predicted octanol–water partition coefficient (Wildman–Crippen LogP) is 5.85. The highest BCUT2D eigenvalue weighted by Gasteiger charge is 2.16. The maximum Gasteiger partial charge on any atom is 0.133 e. The summed E-state index contributed by atoms with van der Waals surface area (Å²) in [7, 11) is 0. The highest BCUT2D eigenvalue weighted by Crippen LogP contribution is 2.40. The summed E-state index contributed by atoms with van der Waals surface area (Å²) in [5.74, 6) is 0.0813. The molecule has 3 aromatic rings. The Morgan fingerprint density at radius 1 is 1.26 bits per heavy atom. The van der Waals surface area contributed by atoms with Gasteiger partial charge in [0, 0.05) is 16.5 Å². The van der Waals surface area contributed by atoms with E-state index in [-0.39, 0.29) is 5.84 Å². The molecule has 23 heavy (non-hydrogen) atoms. The summed E-state index contributed by atoms with van der Waals surface area (Å²) < 4.78 is 1.10. The second kappa shape index (κ2) is 6.83. The third-order valence-electron chi connectivity index (χ3n) is 3.10. The van der Waals surface area contributed by atoms with E-state index in [0.29, 0.717) is 10.0 Å². The molecule has 2 aromatic heterocycles. The van der Waals surface area contributed by atoms with Gasteiger partial charge in [0.2, 0.25) is 0 Å². The normalized spacial score (nSPS) is 10.9. The van der Waals surface area contributed by atoms with E-state index in [1.165, 1.54) is 11.3 Å². The van der Waals surface area contributed by atoms with Crippen LogP contribution in [0.4, 0.5) is 0 Å². The van der Waals surface area contributed by atoms with E-state index in [9.17, 15) is 0 Å². The Labute approximate surface area is 156 Å². The largest absolute Gasteiger partial charge is 0.383 e. The summed E-state index contributed by atoms with van der Waals surface area (Å²) >= 11 is 16.7. The first-order chi connectivity index (χ1) is 11.0. The summed E-state index contributed by atoms with van der Waals surface area (Å²) in [5.41, 5.74) is 8.39. The van der Waals surface area contributed by atoms with Crippen molar-refractivity contribution in [1.29, 1.82) is 5.41 Å². The van der Waals surface area contributed by atoms with Crippen molar-refractivity contribution >= 4 is 63.5 Å². The highest BCUT2D eigenvalue weighted by molar-refractivity contribution is 8.00. The third-order valence-corrected chi connectivity index (χ3v) is 7.02. The molecule has 0 amide bonds. The molecule has 3 nitrogen and oxygen atoms in total. The van der Waals surface area contributed by atoms with E-state index in [1.807, 2.05) is 29.8 Å². The van der Waals surface area contributed by atoms with Crippen molar-refractivity contribution in [1.82, 2.24) is 4.98 Å². The second-order valence-corrected chi connectivity index (χ2v) is 8.40. The van der Waals surface area contributed by atoms with Crippen molar-refractivity contribution in [2.45, 2.75) is 4.21 Å². The van der Waals surface area contributed by atoms with E-state index < -0.39 is 0 Å². The number of nitrogen functional groups attached to an aromatic ring is 1. The van der Waals surface area contributed by atoms with Crippen molar-refractivity contribution in [3.8, 4) is 21.8 Å². The van der Waals surface area contributed by atoms with Crippen LogP contribution >= 0.6 is 57.6 Å². The number of benzene rings is 1. The van der Waals surface area contributed by atoms with E-state index in [1.54, 1.807) is 29.2 Å². The van der Waals surface area contributed by atoms with Crippen molar-refractivity contribution in [3.05, 3.63) is 44.6 Å². The fourth-order valence-electron chi connectivity index (χ4n) is 1.99. The molecule has 0 spiro atoms. The standard InChI is InChI=1S/C15H11Cl2N3S3/c1-21-15-8(5-12(23-15)13(18)19)14-20-11(6-22-14)7-2-3-9(16)10(17)4-7/h2-6H,1H3,(H3,18,19). The second-order valence-electron chi connectivity index (χ2n) is 4.60. The Morgan fingerprint density at radius 2 is 2.04 bits per heavy atom. The smallest absolute Gasteiger partial charge is 0.133 e. The van der Waals surface area contributed by atoms with Crippen LogP contribution in [-0.4, -0.2) is 17.1 Å². The van der Waals surface area contributed by atoms with Crippen LogP contribution in [0, 0.1) is 5.41 Å². The van der Waals surface area contributed by atoms with E-state index in [2.05, 4.69) is 0 Å². The summed E-state index contributed by atoms with van der Waals surface area (Å²) in [6.45, 7) is 0. The summed E-state index contributed by atoms with van der Waals surface area (Å²) in [6, 6.07) is 7.41. The molecule has 3 N–H and O–H groups in total. The maximum absolute atomic E-state index is 7.60. The Bertz CT molecular complexity index is 886. The molecule has 8 heteroatoms. The van der Waals surface area contributed by atoms with Gasteiger partial charge in [-0.1, -0.05) is 29.3 Å². The number of nitrogens with two attached hydrogens (primary N) is 1. The van der Waals surface area contributed by atoms with Gasteiger partial charge in [-0.2, -0.15) is 0 Å². The number of thiophene rings is 1. The van der Waals surface area contributed by atoms with Crippen molar-refractivity contribution in [3.63, 3.8) is 0 Å². The quantitative estimate of drug-likeness (QED) is 0.328. The zero-order valence-corrected chi connectivity index (χ0v) is 15.9. The van der Waals surface area contributed by atoms with Crippen LogP contribution in [0.2, 0.25) is 10.0 Å². The highest BCUT2D eigenvalue weighted by atomic mass is 35.5. The van der Waals surface area contributed by atoms with Crippen LogP contribution in [-0.2, 0) is 0 Å².